The zero-order valence-corrected chi connectivity index (χ0v) is 12.5. The van der Waals surface area contributed by atoms with Crippen LogP contribution in [0.4, 0.5) is 0 Å². The van der Waals surface area contributed by atoms with E-state index in [0.29, 0.717) is 6.04 Å². The molecule has 106 valence electrons. The lowest BCUT2D eigenvalue weighted by Crippen LogP contribution is -2.32. The molecule has 1 atom stereocenters. The molecule has 1 fully saturated rings. The molecule has 19 heavy (non-hydrogen) atoms. The van der Waals surface area contributed by atoms with Crippen LogP contribution in [0, 0.1) is 0 Å². The van der Waals surface area contributed by atoms with Crippen molar-refractivity contribution in [3.05, 3.63) is 35.4 Å². The number of rotatable bonds is 5. The van der Waals surface area contributed by atoms with Gasteiger partial charge in [-0.1, -0.05) is 44.5 Å². The van der Waals surface area contributed by atoms with E-state index >= 15 is 0 Å². The van der Waals surface area contributed by atoms with Crippen LogP contribution in [0.3, 0.4) is 0 Å². The van der Waals surface area contributed by atoms with Gasteiger partial charge >= 0.3 is 0 Å². The summed E-state index contributed by atoms with van der Waals surface area (Å²) in [6.45, 7) is 9.25. The molecule has 0 saturated carbocycles. The van der Waals surface area contributed by atoms with E-state index in [0.717, 1.165) is 6.54 Å². The molecule has 1 aliphatic heterocycles. The van der Waals surface area contributed by atoms with Crippen molar-refractivity contribution in [1.82, 2.24) is 10.2 Å². The van der Waals surface area contributed by atoms with E-state index in [4.69, 9.17) is 0 Å². The van der Waals surface area contributed by atoms with Crippen molar-refractivity contribution in [2.75, 3.05) is 26.2 Å². The average molecular weight is 260 g/mol. The van der Waals surface area contributed by atoms with Gasteiger partial charge in [-0.05, 0) is 36.9 Å². The van der Waals surface area contributed by atoms with Gasteiger partial charge in [0, 0.05) is 25.7 Å². The summed E-state index contributed by atoms with van der Waals surface area (Å²) in [5.41, 5.74) is 2.96. The highest BCUT2D eigenvalue weighted by atomic mass is 15.2. The Morgan fingerprint density at radius 1 is 1.11 bits per heavy atom. The van der Waals surface area contributed by atoms with Crippen LogP contribution in [0.15, 0.2) is 24.3 Å². The van der Waals surface area contributed by atoms with Crippen LogP contribution in [0.2, 0.25) is 0 Å². The van der Waals surface area contributed by atoms with E-state index in [1.807, 2.05) is 0 Å². The van der Waals surface area contributed by atoms with Crippen molar-refractivity contribution < 1.29 is 0 Å². The predicted octanol–water partition coefficient (Wildman–Crippen LogP) is 3.39. The lowest BCUT2D eigenvalue weighted by atomic mass is 9.99. The largest absolute Gasteiger partial charge is 0.315 e. The Morgan fingerprint density at radius 2 is 1.89 bits per heavy atom. The zero-order valence-electron chi connectivity index (χ0n) is 12.5. The quantitative estimate of drug-likeness (QED) is 0.873. The molecule has 0 spiro atoms. The van der Waals surface area contributed by atoms with Gasteiger partial charge in [0.2, 0.25) is 0 Å². The number of aryl methyl sites for hydroxylation is 1. The molecular weight excluding hydrogens is 232 g/mol. The fourth-order valence-electron chi connectivity index (χ4n) is 3.08. The first-order chi connectivity index (χ1) is 9.35. The summed E-state index contributed by atoms with van der Waals surface area (Å²) < 4.78 is 0. The predicted molar refractivity (Wildman–Crippen MR) is 82.5 cm³/mol. The molecule has 1 aromatic carbocycles. The van der Waals surface area contributed by atoms with Crippen LogP contribution in [-0.4, -0.2) is 31.1 Å². The Balaban J connectivity index is 2.06. The van der Waals surface area contributed by atoms with Gasteiger partial charge in [-0.2, -0.15) is 0 Å². The maximum absolute atomic E-state index is 3.49. The molecule has 2 heteroatoms. The Bertz CT molecular complexity index is 350. The van der Waals surface area contributed by atoms with Crippen LogP contribution in [-0.2, 0) is 6.42 Å². The summed E-state index contributed by atoms with van der Waals surface area (Å²) in [5, 5.41) is 3.49. The fourth-order valence-corrected chi connectivity index (χ4v) is 3.08. The molecule has 0 radical (unpaired) electrons. The fraction of sp³-hybridized carbons (Fsp3) is 0.647. The van der Waals surface area contributed by atoms with Gasteiger partial charge in [-0.15, -0.1) is 0 Å². The average Bonchev–Trinajstić information content (AvgIpc) is 2.71. The van der Waals surface area contributed by atoms with Crippen molar-refractivity contribution in [3.63, 3.8) is 0 Å². The minimum absolute atomic E-state index is 0.593. The lowest BCUT2D eigenvalue weighted by molar-refractivity contribution is 0.205. The van der Waals surface area contributed by atoms with Crippen LogP contribution < -0.4 is 5.32 Å². The summed E-state index contributed by atoms with van der Waals surface area (Å²) in [6.07, 6.45) is 4.90. The van der Waals surface area contributed by atoms with Crippen molar-refractivity contribution >= 4 is 0 Å². The molecule has 2 rings (SSSR count). The second-order valence-electron chi connectivity index (χ2n) is 5.56. The van der Waals surface area contributed by atoms with Crippen molar-refractivity contribution in [3.8, 4) is 0 Å². The van der Waals surface area contributed by atoms with Crippen molar-refractivity contribution in [1.29, 1.82) is 0 Å². The van der Waals surface area contributed by atoms with Gasteiger partial charge in [-0.3, -0.25) is 4.90 Å². The molecule has 1 heterocycles. The van der Waals surface area contributed by atoms with Gasteiger partial charge < -0.3 is 5.32 Å². The number of hydrogen-bond acceptors (Lipinski definition) is 2. The van der Waals surface area contributed by atoms with Gasteiger partial charge in [0.25, 0.3) is 0 Å². The summed E-state index contributed by atoms with van der Waals surface area (Å²) in [7, 11) is 0. The number of hydrogen-bond donors (Lipinski definition) is 1. The molecule has 1 unspecified atom stereocenters. The van der Waals surface area contributed by atoms with Gasteiger partial charge in [-0.25, -0.2) is 0 Å². The molecule has 1 aliphatic rings. The number of nitrogens with zero attached hydrogens (tertiary/aromatic N) is 1. The first-order valence-corrected chi connectivity index (χ1v) is 7.88. The second kappa shape index (κ2) is 7.66. The van der Waals surface area contributed by atoms with Crippen LogP contribution in [0.5, 0.6) is 0 Å². The third kappa shape index (κ3) is 4.05. The standard InChI is InChI=1S/C17H28N2/c1-3-6-15-7-9-16(10-8-15)17(4-2)19-13-5-11-18-12-14-19/h7-10,17-18H,3-6,11-14H2,1-2H3. The smallest absolute Gasteiger partial charge is 0.0346 e. The zero-order chi connectivity index (χ0) is 13.5. The third-order valence-corrected chi connectivity index (χ3v) is 4.11. The van der Waals surface area contributed by atoms with Crippen LogP contribution in [0.1, 0.15) is 50.3 Å². The van der Waals surface area contributed by atoms with E-state index in [9.17, 15) is 0 Å². The third-order valence-electron chi connectivity index (χ3n) is 4.11. The van der Waals surface area contributed by atoms with Crippen LogP contribution in [0.25, 0.3) is 0 Å². The Kier molecular flexibility index (Phi) is 5.87. The maximum Gasteiger partial charge on any atom is 0.0346 e. The van der Waals surface area contributed by atoms with Gasteiger partial charge in [0.05, 0.1) is 0 Å². The summed E-state index contributed by atoms with van der Waals surface area (Å²) in [5.74, 6) is 0. The van der Waals surface area contributed by atoms with Gasteiger partial charge in [0.15, 0.2) is 0 Å². The Hall–Kier alpha value is -0.860. The molecule has 0 aliphatic carbocycles. The van der Waals surface area contributed by atoms with E-state index in [-0.39, 0.29) is 0 Å². The van der Waals surface area contributed by atoms with Gasteiger partial charge in [0.1, 0.15) is 0 Å². The second-order valence-corrected chi connectivity index (χ2v) is 5.56. The minimum Gasteiger partial charge on any atom is -0.315 e. The molecule has 2 nitrogen and oxygen atoms in total. The number of benzene rings is 1. The van der Waals surface area contributed by atoms with E-state index in [1.165, 1.54) is 56.4 Å². The number of nitrogens with one attached hydrogen (secondary N) is 1. The monoisotopic (exact) mass is 260 g/mol. The molecule has 0 bridgehead atoms. The molecule has 1 saturated heterocycles. The topological polar surface area (TPSA) is 15.3 Å². The summed E-state index contributed by atoms with van der Waals surface area (Å²) >= 11 is 0. The molecule has 1 aromatic rings. The normalized spacial score (nSPS) is 19.1. The maximum atomic E-state index is 3.49. The Morgan fingerprint density at radius 3 is 2.58 bits per heavy atom. The molecule has 0 aromatic heterocycles. The Labute approximate surface area is 118 Å². The lowest BCUT2D eigenvalue weighted by Gasteiger charge is -2.30. The highest BCUT2D eigenvalue weighted by molar-refractivity contribution is 5.25. The molecular formula is C17H28N2. The van der Waals surface area contributed by atoms with E-state index in [1.54, 1.807) is 0 Å². The van der Waals surface area contributed by atoms with Crippen molar-refractivity contribution in [2.24, 2.45) is 0 Å². The van der Waals surface area contributed by atoms with Crippen LogP contribution >= 0.6 is 0 Å². The SMILES string of the molecule is CCCc1ccc(C(CC)N2CCCNCC2)cc1. The summed E-state index contributed by atoms with van der Waals surface area (Å²) in [4.78, 5) is 2.65. The molecule has 0 amide bonds. The minimum atomic E-state index is 0.593. The highest BCUT2D eigenvalue weighted by Crippen LogP contribution is 2.25. The van der Waals surface area contributed by atoms with E-state index in [2.05, 4.69) is 48.3 Å². The highest BCUT2D eigenvalue weighted by Gasteiger charge is 2.19. The molecule has 1 N–H and O–H groups in total. The van der Waals surface area contributed by atoms with E-state index < -0.39 is 0 Å². The summed E-state index contributed by atoms with van der Waals surface area (Å²) in [6, 6.07) is 9.92. The first kappa shape index (κ1) is 14.5. The first-order valence-electron chi connectivity index (χ1n) is 7.88. The van der Waals surface area contributed by atoms with Crippen molar-refractivity contribution in [2.45, 2.75) is 45.6 Å².